The molecule has 0 amide bonds. The molecule has 2 nitrogen and oxygen atoms in total. The number of rotatable bonds is 0. The summed E-state index contributed by atoms with van der Waals surface area (Å²) in [6, 6.07) is 0. The van der Waals surface area contributed by atoms with Crippen LogP contribution in [-0.4, -0.2) is 18.0 Å². The van der Waals surface area contributed by atoms with E-state index in [4.69, 9.17) is 5.26 Å². The average Bonchev–Trinajstić information content (AvgIpc) is 2.64. The molecule has 3 aliphatic carbocycles. The van der Waals surface area contributed by atoms with E-state index in [0.717, 1.165) is 36.8 Å². The lowest BCUT2D eigenvalue weighted by Crippen LogP contribution is -2.38. The zero-order valence-corrected chi connectivity index (χ0v) is 7.95. The zero-order valence-electron chi connectivity index (χ0n) is 7.95. The first kappa shape index (κ1) is 7.67. The van der Waals surface area contributed by atoms with Gasteiger partial charge in [-0.2, -0.15) is 5.26 Å². The summed E-state index contributed by atoms with van der Waals surface area (Å²) in [4.78, 5) is 1.99. The van der Waals surface area contributed by atoms with E-state index in [1.54, 1.807) is 0 Å². The van der Waals surface area contributed by atoms with Crippen LogP contribution in [-0.2, 0) is 0 Å². The van der Waals surface area contributed by atoms with Crippen molar-refractivity contribution < 1.29 is 0 Å². The monoisotopic (exact) mass is 176 g/mol. The Hall–Kier alpha value is -0.710. The van der Waals surface area contributed by atoms with Crippen LogP contribution in [0.1, 0.15) is 25.7 Å². The standard InChI is InChI=1S/C11H16N2/c12-7-13-5-10-8-1-2-9(4-3-8)11(10)6-13/h8-11H,1-6H2. The molecular weight excluding hydrogens is 160 g/mol. The van der Waals surface area contributed by atoms with E-state index in [0.29, 0.717) is 0 Å². The number of fused-ring (bicyclic) bond motifs is 2. The number of likely N-dealkylation sites (tertiary alicyclic amines) is 1. The Bertz CT molecular complexity index is 227. The second-order valence-corrected chi connectivity index (χ2v) is 5.01. The summed E-state index contributed by atoms with van der Waals surface area (Å²) in [5.74, 6) is 3.70. The molecule has 4 fully saturated rings. The van der Waals surface area contributed by atoms with E-state index in [-0.39, 0.29) is 0 Å². The predicted octanol–water partition coefficient (Wildman–Crippen LogP) is 1.84. The van der Waals surface area contributed by atoms with Crippen molar-refractivity contribution in [1.82, 2.24) is 4.90 Å². The SMILES string of the molecule is N#CN1CC2C3CCC(CC3)C2C1. The fraction of sp³-hybridized carbons (Fsp3) is 0.909. The molecule has 0 aromatic carbocycles. The number of hydrogen-bond donors (Lipinski definition) is 0. The molecule has 2 unspecified atom stereocenters. The maximum atomic E-state index is 8.88. The predicted molar refractivity (Wildman–Crippen MR) is 49.6 cm³/mol. The molecule has 2 bridgehead atoms. The molecule has 0 spiro atoms. The Morgan fingerprint density at radius 1 is 0.923 bits per heavy atom. The fourth-order valence-corrected chi connectivity index (χ4v) is 3.93. The second kappa shape index (κ2) is 2.64. The highest BCUT2D eigenvalue weighted by Crippen LogP contribution is 2.51. The lowest BCUT2D eigenvalue weighted by atomic mass is 9.60. The van der Waals surface area contributed by atoms with E-state index in [1.165, 1.54) is 25.7 Å². The molecule has 2 heteroatoms. The fourth-order valence-electron chi connectivity index (χ4n) is 3.93. The lowest BCUT2D eigenvalue weighted by Gasteiger charge is -2.44. The maximum absolute atomic E-state index is 8.88. The Balaban J connectivity index is 1.84. The second-order valence-electron chi connectivity index (χ2n) is 5.01. The van der Waals surface area contributed by atoms with Crippen molar-refractivity contribution in [3.05, 3.63) is 0 Å². The van der Waals surface area contributed by atoms with Gasteiger partial charge in [0, 0.05) is 13.1 Å². The molecule has 0 N–H and O–H groups in total. The quantitative estimate of drug-likeness (QED) is 0.526. The van der Waals surface area contributed by atoms with Crippen LogP contribution in [0.25, 0.3) is 0 Å². The topological polar surface area (TPSA) is 27.0 Å². The first-order chi connectivity index (χ1) is 6.38. The van der Waals surface area contributed by atoms with Crippen LogP contribution in [0, 0.1) is 35.1 Å². The summed E-state index contributed by atoms with van der Waals surface area (Å²) in [5, 5.41) is 8.88. The van der Waals surface area contributed by atoms with Crippen molar-refractivity contribution in [2.75, 3.05) is 13.1 Å². The third kappa shape index (κ3) is 0.995. The van der Waals surface area contributed by atoms with E-state index in [1.807, 2.05) is 4.90 Å². The molecule has 1 aliphatic heterocycles. The van der Waals surface area contributed by atoms with Crippen molar-refractivity contribution in [3.8, 4) is 6.19 Å². The Morgan fingerprint density at radius 2 is 1.38 bits per heavy atom. The molecule has 0 radical (unpaired) electrons. The van der Waals surface area contributed by atoms with E-state index in [2.05, 4.69) is 6.19 Å². The van der Waals surface area contributed by atoms with Crippen LogP contribution in [0.15, 0.2) is 0 Å². The third-order valence-electron chi connectivity index (χ3n) is 4.58. The molecule has 4 rings (SSSR count). The highest BCUT2D eigenvalue weighted by atomic mass is 15.1. The van der Waals surface area contributed by atoms with Crippen LogP contribution in [0.3, 0.4) is 0 Å². The van der Waals surface area contributed by atoms with Gasteiger partial charge in [0.25, 0.3) is 0 Å². The largest absolute Gasteiger partial charge is 0.310 e. The molecule has 70 valence electrons. The minimum Gasteiger partial charge on any atom is -0.310 e. The normalized spacial score (nSPS) is 47.5. The Labute approximate surface area is 79.5 Å². The van der Waals surface area contributed by atoms with Crippen LogP contribution < -0.4 is 0 Å². The van der Waals surface area contributed by atoms with Gasteiger partial charge in [-0.3, -0.25) is 0 Å². The van der Waals surface area contributed by atoms with Gasteiger partial charge in [-0.25, -0.2) is 0 Å². The van der Waals surface area contributed by atoms with Gasteiger partial charge >= 0.3 is 0 Å². The minimum atomic E-state index is 0.882. The van der Waals surface area contributed by atoms with E-state index < -0.39 is 0 Å². The summed E-state index contributed by atoms with van der Waals surface area (Å²) >= 11 is 0. The van der Waals surface area contributed by atoms with E-state index in [9.17, 15) is 0 Å². The van der Waals surface area contributed by atoms with Gasteiger partial charge in [0.1, 0.15) is 0 Å². The summed E-state index contributed by atoms with van der Waals surface area (Å²) in [5.41, 5.74) is 0. The molecule has 2 atom stereocenters. The average molecular weight is 176 g/mol. The molecule has 1 saturated heterocycles. The van der Waals surface area contributed by atoms with Gasteiger partial charge in [-0.05, 0) is 49.4 Å². The summed E-state index contributed by atoms with van der Waals surface area (Å²) in [7, 11) is 0. The summed E-state index contributed by atoms with van der Waals surface area (Å²) in [6.45, 7) is 2.14. The van der Waals surface area contributed by atoms with Crippen molar-refractivity contribution >= 4 is 0 Å². The summed E-state index contributed by atoms with van der Waals surface area (Å²) < 4.78 is 0. The molecule has 0 aromatic heterocycles. The molecule has 13 heavy (non-hydrogen) atoms. The summed E-state index contributed by atoms with van der Waals surface area (Å²) in [6.07, 6.45) is 8.12. The van der Waals surface area contributed by atoms with Gasteiger partial charge in [-0.1, -0.05) is 0 Å². The Morgan fingerprint density at radius 3 is 1.77 bits per heavy atom. The number of nitriles is 1. The highest BCUT2D eigenvalue weighted by Gasteiger charge is 2.47. The molecule has 1 heterocycles. The van der Waals surface area contributed by atoms with Crippen LogP contribution >= 0.6 is 0 Å². The van der Waals surface area contributed by atoms with Crippen LogP contribution in [0.5, 0.6) is 0 Å². The first-order valence-electron chi connectivity index (χ1n) is 5.53. The maximum Gasteiger partial charge on any atom is 0.179 e. The third-order valence-corrected chi connectivity index (χ3v) is 4.58. The van der Waals surface area contributed by atoms with Crippen molar-refractivity contribution in [2.24, 2.45) is 23.7 Å². The van der Waals surface area contributed by atoms with Gasteiger partial charge in [0.15, 0.2) is 6.19 Å². The van der Waals surface area contributed by atoms with Crippen molar-refractivity contribution in [3.63, 3.8) is 0 Å². The van der Waals surface area contributed by atoms with Crippen molar-refractivity contribution in [1.29, 1.82) is 5.26 Å². The number of nitrogens with zero attached hydrogens (tertiary/aromatic N) is 2. The van der Waals surface area contributed by atoms with Crippen LogP contribution in [0.2, 0.25) is 0 Å². The van der Waals surface area contributed by atoms with E-state index >= 15 is 0 Å². The lowest BCUT2D eigenvalue weighted by molar-refractivity contribution is 0.0577. The molecule has 0 aromatic rings. The van der Waals surface area contributed by atoms with Gasteiger partial charge in [-0.15, -0.1) is 0 Å². The first-order valence-corrected chi connectivity index (χ1v) is 5.53. The highest BCUT2D eigenvalue weighted by molar-refractivity contribution is 5.01. The van der Waals surface area contributed by atoms with Gasteiger partial charge in [0.2, 0.25) is 0 Å². The number of hydrogen-bond acceptors (Lipinski definition) is 2. The molecule has 3 saturated carbocycles. The smallest absolute Gasteiger partial charge is 0.179 e. The minimum absolute atomic E-state index is 0.882. The van der Waals surface area contributed by atoms with Gasteiger partial charge < -0.3 is 4.90 Å². The Kier molecular flexibility index (Phi) is 1.56. The van der Waals surface area contributed by atoms with Crippen LogP contribution in [0.4, 0.5) is 0 Å². The molecular formula is C11H16N2. The molecule has 4 aliphatic rings. The van der Waals surface area contributed by atoms with Gasteiger partial charge in [0.05, 0.1) is 0 Å². The zero-order chi connectivity index (χ0) is 8.84. The van der Waals surface area contributed by atoms with Crippen molar-refractivity contribution in [2.45, 2.75) is 25.7 Å².